The first-order valence-electron chi connectivity index (χ1n) is 29.9. The first-order valence-corrected chi connectivity index (χ1v) is 31.4. The number of ether oxygens (including phenoxy) is 2. The molecule has 0 aliphatic rings. The first-order chi connectivity index (χ1) is 33.5. The lowest BCUT2D eigenvalue weighted by Crippen LogP contribution is -2.37. The Morgan fingerprint density at radius 1 is 0.435 bits per heavy atom. The molecule has 0 aromatic rings. The van der Waals surface area contributed by atoms with Crippen LogP contribution < -0.4 is 4.89 Å². The van der Waals surface area contributed by atoms with Gasteiger partial charge in [-0.2, -0.15) is 0 Å². The largest absolute Gasteiger partial charge is 0.756 e. The molecule has 0 N–H and O–H groups in total. The van der Waals surface area contributed by atoms with Crippen LogP contribution in [0.1, 0.15) is 303 Å². The van der Waals surface area contributed by atoms with Crippen LogP contribution in [-0.2, 0) is 32.7 Å². The second-order valence-corrected chi connectivity index (χ2v) is 23.1. The quantitative estimate of drug-likeness (QED) is 0.0195. The Hall–Kier alpha value is -1.25. The maximum Gasteiger partial charge on any atom is 0.306 e. The number of phosphoric acid groups is 1. The standard InChI is InChI=1S/C59H116NO8P/c1-6-8-10-12-14-16-18-20-22-24-26-28-30-32-34-36-38-40-42-44-46-48-50-52-59(62)68-57(56-67-69(63,64)66-54-53-60(3,4)5)55-65-58(61)51-49-47-45-43-41-39-37-35-33-31-29-27-25-23-21-19-17-15-13-11-9-7-2/h24,26,57H,6-23,25,27-56H2,1-5H3/b26-24-. The first kappa shape index (κ1) is 67.8. The van der Waals surface area contributed by atoms with Gasteiger partial charge in [0.1, 0.15) is 19.8 Å². The van der Waals surface area contributed by atoms with Crippen LogP contribution in [0, 0.1) is 0 Å². The maximum absolute atomic E-state index is 12.8. The van der Waals surface area contributed by atoms with Crippen LogP contribution in [-0.4, -0.2) is 70.0 Å². The number of rotatable bonds is 56. The maximum atomic E-state index is 12.8. The van der Waals surface area contributed by atoms with Gasteiger partial charge in [-0.25, -0.2) is 0 Å². The molecule has 0 aliphatic heterocycles. The summed E-state index contributed by atoms with van der Waals surface area (Å²) in [4.78, 5) is 37.9. The van der Waals surface area contributed by atoms with Gasteiger partial charge < -0.3 is 27.9 Å². The lowest BCUT2D eigenvalue weighted by atomic mass is 10.0. The predicted octanol–water partition coefficient (Wildman–Crippen LogP) is 17.8. The van der Waals surface area contributed by atoms with Gasteiger partial charge in [0.2, 0.25) is 0 Å². The fourth-order valence-electron chi connectivity index (χ4n) is 8.89. The third-order valence-corrected chi connectivity index (χ3v) is 14.5. The van der Waals surface area contributed by atoms with E-state index >= 15 is 0 Å². The van der Waals surface area contributed by atoms with E-state index in [0.717, 1.165) is 38.5 Å². The molecule has 69 heavy (non-hydrogen) atoms. The van der Waals surface area contributed by atoms with Gasteiger partial charge in [-0.1, -0.05) is 264 Å². The molecule has 10 heteroatoms. The van der Waals surface area contributed by atoms with Crippen molar-refractivity contribution < 1.29 is 42.1 Å². The predicted molar refractivity (Wildman–Crippen MR) is 292 cm³/mol. The van der Waals surface area contributed by atoms with Gasteiger partial charge in [-0.05, 0) is 38.5 Å². The molecule has 0 saturated heterocycles. The highest BCUT2D eigenvalue weighted by Gasteiger charge is 2.22. The Morgan fingerprint density at radius 3 is 1.07 bits per heavy atom. The van der Waals surface area contributed by atoms with E-state index in [1.807, 2.05) is 21.1 Å². The monoisotopic (exact) mass is 998 g/mol. The summed E-state index contributed by atoms with van der Waals surface area (Å²) >= 11 is 0. The van der Waals surface area contributed by atoms with Crippen LogP contribution >= 0.6 is 7.82 Å². The van der Waals surface area contributed by atoms with Crippen molar-refractivity contribution in [1.29, 1.82) is 0 Å². The van der Waals surface area contributed by atoms with Gasteiger partial charge in [0.05, 0.1) is 27.7 Å². The highest BCUT2D eigenvalue weighted by atomic mass is 31.2. The summed E-state index contributed by atoms with van der Waals surface area (Å²) in [6, 6.07) is 0. The number of likely N-dealkylation sites (N-methyl/N-ethyl adjacent to an activating group) is 1. The summed E-state index contributed by atoms with van der Waals surface area (Å²) in [7, 11) is 1.18. The number of carbonyl (C=O) groups excluding carboxylic acids is 2. The van der Waals surface area contributed by atoms with Crippen molar-refractivity contribution in [2.75, 3.05) is 47.5 Å². The van der Waals surface area contributed by atoms with E-state index in [1.54, 1.807) is 0 Å². The average Bonchev–Trinajstić information content (AvgIpc) is 3.31. The van der Waals surface area contributed by atoms with E-state index in [4.69, 9.17) is 18.5 Å². The Balaban J connectivity index is 4.11. The summed E-state index contributed by atoms with van der Waals surface area (Å²) < 4.78 is 34.2. The summed E-state index contributed by atoms with van der Waals surface area (Å²) in [5, 5.41) is 0. The number of unbranched alkanes of at least 4 members (excludes halogenated alkanes) is 40. The van der Waals surface area contributed by atoms with Gasteiger partial charge in [0.15, 0.2) is 6.10 Å². The van der Waals surface area contributed by atoms with Crippen LogP contribution in [0.3, 0.4) is 0 Å². The van der Waals surface area contributed by atoms with Gasteiger partial charge in [0, 0.05) is 12.8 Å². The molecule has 0 aliphatic carbocycles. The molecule has 0 amide bonds. The van der Waals surface area contributed by atoms with Gasteiger partial charge in [-0.3, -0.25) is 14.2 Å². The normalized spacial score (nSPS) is 13.3. The van der Waals surface area contributed by atoms with E-state index in [-0.39, 0.29) is 32.0 Å². The van der Waals surface area contributed by atoms with E-state index < -0.39 is 26.5 Å². The Kier molecular flexibility index (Phi) is 50.7. The van der Waals surface area contributed by atoms with Crippen molar-refractivity contribution in [3.63, 3.8) is 0 Å². The smallest absolute Gasteiger partial charge is 0.306 e. The van der Waals surface area contributed by atoms with Gasteiger partial charge in [0.25, 0.3) is 7.82 Å². The molecule has 0 aromatic heterocycles. The summed E-state index contributed by atoms with van der Waals surface area (Å²) in [5.74, 6) is -0.814. The highest BCUT2D eigenvalue weighted by molar-refractivity contribution is 7.45. The molecule has 0 aromatic carbocycles. The van der Waals surface area contributed by atoms with Crippen molar-refractivity contribution in [1.82, 2.24) is 0 Å². The van der Waals surface area contributed by atoms with Gasteiger partial charge >= 0.3 is 11.9 Å². The molecule has 2 unspecified atom stereocenters. The molecule has 0 saturated carbocycles. The van der Waals surface area contributed by atoms with Crippen molar-refractivity contribution >= 4 is 19.8 Å². The molecule has 0 bridgehead atoms. The minimum atomic E-state index is -4.63. The number of nitrogens with zero attached hydrogens (tertiary/aromatic N) is 1. The van der Waals surface area contributed by atoms with Crippen molar-refractivity contribution in [3.05, 3.63) is 12.2 Å². The number of phosphoric ester groups is 1. The minimum absolute atomic E-state index is 0.0270. The fraction of sp³-hybridized carbons (Fsp3) is 0.932. The van der Waals surface area contributed by atoms with Crippen LogP contribution in [0.15, 0.2) is 12.2 Å². The zero-order valence-electron chi connectivity index (χ0n) is 46.5. The van der Waals surface area contributed by atoms with Crippen molar-refractivity contribution in [2.24, 2.45) is 0 Å². The van der Waals surface area contributed by atoms with Crippen molar-refractivity contribution in [2.45, 2.75) is 309 Å². The van der Waals surface area contributed by atoms with Crippen molar-refractivity contribution in [3.8, 4) is 0 Å². The number of hydrogen-bond acceptors (Lipinski definition) is 8. The second kappa shape index (κ2) is 51.6. The Morgan fingerprint density at radius 2 is 0.739 bits per heavy atom. The third-order valence-electron chi connectivity index (χ3n) is 13.5. The SMILES string of the molecule is CCCCCCCCCC/C=C\CCCCCCCCCCCCCC(=O)OC(COC(=O)CCCCCCCCCCCCCCCCCCCCCCCC)COP(=O)([O-])OCC[N+](C)(C)C. The topological polar surface area (TPSA) is 111 Å². The fourth-order valence-corrected chi connectivity index (χ4v) is 9.62. The van der Waals surface area contributed by atoms with Crippen LogP contribution in [0.25, 0.3) is 0 Å². The zero-order chi connectivity index (χ0) is 50.6. The summed E-state index contributed by atoms with van der Waals surface area (Å²) in [6.07, 6.45) is 59.7. The zero-order valence-corrected chi connectivity index (χ0v) is 47.4. The van der Waals surface area contributed by atoms with Crippen LogP contribution in [0.4, 0.5) is 0 Å². The number of carbonyl (C=O) groups is 2. The second-order valence-electron chi connectivity index (χ2n) is 21.7. The van der Waals surface area contributed by atoms with E-state index in [0.29, 0.717) is 17.4 Å². The average molecular weight is 999 g/mol. The number of hydrogen-bond donors (Lipinski definition) is 0. The van der Waals surface area contributed by atoms with E-state index in [2.05, 4.69) is 26.0 Å². The highest BCUT2D eigenvalue weighted by Crippen LogP contribution is 2.38. The molecule has 0 heterocycles. The minimum Gasteiger partial charge on any atom is -0.756 e. The molecular weight excluding hydrogens is 882 g/mol. The number of allylic oxidation sites excluding steroid dienone is 2. The molecule has 0 spiro atoms. The lowest BCUT2D eigenvalue weighted by molar-refractivity contribution is -0.870. The summed E-state index contributed by atoms with van der Waals surface area (Å²) in [5.41, 5.74) is 0. The molecule has 410 valence electrons. The molecule has 9 nitrogen and oxygen atoms in total. The molecule has 0 fully saturated rings. The van der Waals surface area contributed by atoms with E-state index in [9.17, 15) is 19.0 Å². The van der Waals surface area contributed by atoms with E-state index in [1.165, 1.54) is 231 Å². The Labute approximate surface area is 428 Å². The van der Waals surface area contributed by atoms with Gasteiger partial charge in [-0.15, -0.1) is 0 Å². The molecule has 0 radical (unpaired) electrons. The molecular formula is C59H116NO8P. The Bertz CT molecular complexity index is 1180. The summed E-state index contributed by atoms with van der Waals surface area (Å²) in [6.45, 7) is 4.30. The molecule has 0 rings (SSSR count). The molecule has 2 atom stereocenters. The third kappa shape index (κ3) is 55.9. The number of quaternary nitrogens is 1. The van der Waals surface area contributed by atoms with Crippen LogP contribution in [0.2, 0.25) is 0 Å². The van der Waals surface area contributed by atoms with Crippen LogP contribution in [0.5, 0.6) is 0 Å². The lowest BCUT2D eigenvalue weighted by Gasteiger charge is -2.28. The number of esters is 2.